The van der Waals surface area contributed by atoms with Crippen molar-refractivity contribution in [1.29, 1.82) is 0 Å². The lowest BCUT2D eigenvalue weighted by Gasteiger charge is -2.25. The summed E-state index contributed by atoms with van der Waals surface area (Å²) >= 11 is 0. The number of aromatic nitrogens is 4. The number of benzene rings is 3. The predicted molar refractivity (Wildman–Crippen MR) is 142 cm³/mol. The van der Waals surface area contributed by atoms with Gasteiger partial charge in [-0.15, -0.1) is 5.10 Å². The molecule has 0 radical (unpaired) electrons. The highest BCUT2D eigenvalue weighted by atomic mass is 19.2. The van der Waals surface area contributed by atoms with Gasteiger partial charge in [-0.05, 0) is 77.1 Å². The van der Waals surface area contributed by atoms with Crippen molar-refractivity contribution in [2.24, 2.45) is 0 Å². The first kappa shape index (κ1) is 26.1. The molecule has 8 nitrogen and oxygen atoms in total. The van der Waals surface area contributed by atoms with Crippen molar-refractivity contribution in [3.63, 3.8) is 0 Å². The third kappa shape index (κ3) is 6.51. The molecule has 200 valence electrons. The molecule has 3 aromatic carbocycles. The van der Waals surface area contributed by atoms with E-state index < -0.39 is 17.5 Å². The van der Waals surface area contributed by atoms with Gasteiger partial charge in [0, 0.05) is 11.3 Å². The molecule has 2 N–H and O–H groups in total. The number of anilines is 2. The zero-order valence-corrected chi connectivity index (χ0v) is 21.2. The molecule has 0 spiro atoms. The zero-order chi connectivity index (χ0) is 27.2. The Bertz CT molecular complexity index is 1420. The lowest BCUT2D eigenvalue weighted by Crippen LogP contribution is -2.32. The van der Waals surface area contributed by atoms with E-state index in [0.717, 1.165) is 17.7 Å². The van der Waals surface area contributed by atoms with Gasteiger partial charge in [0.1, 0.15) is 0 Å². The summed E-state index contributed by atoms with van der Waals surface area (Å²) < 4.78 is 27.2. The maximum Gasteiger partial charge on any atom is 0.270 e. The van der Waals surface area contributed by atoms with Crippen molar-refractivity contribution >= 4 is 23.5 Å². The van der Waals surface area contributed by atoms with Crippen molar-refractivity contribution in [3.05, 3.63) is 101 Å². The Morgan fingerprint density at radius 1 is 0.897 bits per heavy atom. The number of carbonyl (C=O) groups is 2. The van der Waals surface area contributed by atoms with Crippen LogP contribution in [0.4, 0.5) is 20.4 Å². The largest absolute Gasteiger partial charge is 0.308 e. The fourth-order valence-electron chi connectivity index (χ4n) is 4.94. The third-order valence-corrected chi connectivity index (χ3v) is 7.05. The standard InChI is InChI=1S/C29H28F2N6O2/c30-25-15-8-20(16-26(25)31)17-27(38)37(24-13-11-22(12-14-24)21-4-2-1-3-5-21)18-19-6-9-23(10-7-19)28(39)32-29-33-35-36-34-29/h6-16,21H,1-5,17-18H2,(H2,32,33,34,35,36,39). The summed E-state index contributed by atoms with van der Waals surface area (Å²) in [5.74, 6) is -2.00. The molecule has 1 saturated carbocycles. The van der Waals surface area contributed by atoms with E-state index in [1.165, 1.54) is 43.7 Å². The highest BCUT2D eigenvalue weighted by Crippen LogP contribution is 2.33. The normalized spacial score (nSPS) is 13.7. The smallest absolute Gasteiger partial charge is 0.270 e. The number of hydrogen-bond acceptors (Lipinski definition) is 5. The maximum absolute atomic E-state index is 13.8. The number of H-pyrrole nitrogens is 1. The molecular formula is C29H28F2N6O2. The van der Waals surface area contributed by atoms with Gasteiger partial charge in [0.25, 0.3) is 11.9 Å². The van der Waals surface area contributed by atoms with Crippen molar-refractivity contribution in [2.75, 3.05) is 10.2 Å². The molecule has 0 bridgehead atoms. The van der Waals surface area contributed by atoms with Gasteiger partial charge in [0.15, 0.2) is 11.6 Å². The Balaban J connectivity index is 1.35. The van der Waals surface area contributed by atoms with Gasteiger partial charge in [0.05, 0.1) is 13.0 Å². The summed E-state index contributed by atoms with van der Waals surface area (Å²) in [6.07, 6.45) is 5.99. The van der Waals surface area contributed by atoms with E-state index in [0.29, 0.717) is 22.7 Å². The van der Waals surface area contributed by atoms with Gasteiger partial charge in [-0.2, -0.15) is 5.21 Å². The molecule has 0 aliphatic heterocycles. The number of tetrazole rings is 1. The first-order chi connectivity index (χ1) is 19.0. The van der Waals surface area contributed by atoms with E-state index in [4.69, 9.17) is 0 Å². The molecule has 10 heteroatoms. The van der Waals surface area contributed by atoms with E-state index in [1.807, 2.05) is 12.1 Å². The summed E-state index contributed by atoms with van der Waals surface area (Å²) in [4.78, 5) is 27.5. The zero-order valence-electron chi connectivity index (χ0n) is 21.2. The van der Waals surface area contributed by atoms with E-state index >= 15 is 0 Å². The molecule has 0 saturated heterocycles. The minimum atomic E-state index is -0.988. The van der Waals surface area contributed by atoms with Crippen LogP contribution >= 0.6 is 0 Å². The van der Waals surface area contributed by atoms with Gasteiger partial charge in [-0.1, -0.05) is 54.7 Å². The minimum absolute atomic E-state index is 0.0646. The van der Waals surface area contributed by atoms with Crippen LogP contribution < -0.4 is 10.2 Å². The third-order valence-electron chi connectivity index (χ3n) is 7.05. The molecule has 1 aliphatic carbocycles. The topological polar surface area (TPSA) is 104 Å². The Morgan fingerprint density at radius 3 is 2.28 bits per heavy atom. The SMILES string of the molecule is O=C(Nc1nn[nH]n1)c1ccc(CN(C(=O)Cc2ccc(F)c(F)c2)c2ccc(C3CCCCC3)cc2)cc1. The molecule has 1 aromatic heterocycles. The van der Waals surface area contributed by atoms with Crippen LogP contribution in [-0.2, 0) is 17.8 Å². The number of carbonyl (C=O) groups excluding carboxylic acids is 2. The number of rotatable bonds is 8. The molecule has 39 heavy (non-hydrogen) atoms. The molecule has 0 atom stereocenters. The van der Waals surface area contributed by atoms with E-state index in [1.54, 1.807) is 29.2 Å². The van der Waals surface area contributed by atoms with E-state index in [-0.39, 0.29) is 24.8 Å². The number of nitrogens with one attached hydrogen (secondary N) is 2. The van der Waals surface area contributed by atoms with Crippen LogP contribution in [-0.4, -0.2) is 32.4 Å². The summed E-state index contributed by atoms with van der Waals surface area (Å²) in [7, 11) is 0. The molecule has 0 unspecified atom stereocenters. The number of amides is 2. The Morgan fingerprint density at radius 2 is 1.62 bits per heavy atom. The average molecular weight is 531 g/mol. The lowest BCUT2D eigenvalue weighted by atomic mass is 9.84. The number of halogens is 2. The average Bonchev–Trinajstić information content (AvgIpc) is 3.48. The van der Waals surface area contributed by atoms with Crippen LogP contribution in [0.5, 0.6) is 0 Å². The second-order valence-electron chi connectivity index (χ2n) is 9.72. The Kier molecular flexibility index (Phi) is 8.00. The molecule has 4 aromatic rings. The monoisotopic (exact) mass is 530 g/mol. The van der Waals surface area contributed by atoms with E-state index in [2.05, 4.69) is 38.1 Å². The summed E-state index contributed by atoms with van der Waals surface area (Å²) in [6, 6.07) is 18.4. The Labute approximate surface area is 224 Å². The van der Waals surface area contributed by atoms with Crippen molar-refractivity contribution in [3.8, 4) is 0 Å². The van der Waals surface area contributed by atoms with Crippen LogP contribution in [0.3, 0.4) is 0 Å². The summed E-state index contributed by atoms with van der Waals surface area (Å²) in [5, 5.41) is 15.6. The molecule has 1 aliphatic rings. The highest BCUT2D eigenvalue weighted by molar-refractivity contribution is 6.03. The first-order valence-corrected chi connectivity index (χ1v) is 12.9. The summed E-state index contributed by atoms with van der Waals surface area (Å²) in [6.45, 7) is 0.234. The molecule has 1 fully saturated rings. The number of hydrogen-bond donors (Lipinski definition) is 2. The van der Waals surface area contributed by atoms with E-state index in [9.17, 15) is 18.4 Å². The first-order valence-electron chi connectivity index (χ1n) is 12.9. The van der Waals surface area contributed by atoms with Gasteiger partial charge in [0.2, 0.25) is 5.91 Å². The number of nitrogens with zero attached hydrogens (tertiary/aromatic N) is 4. The second kappa shape index (κ2) is 11.9. The van der Waals surface area contributed by atoms with Gasteiger partial charge >= 0.3 is 0 Å². The van der Waals surface area contributed by atoms with Crippen LogP contribution in [0.1, 0.15) is 65.1 Å². The Hall–Kier alpha value is -4.47. The second-order valence-corrected chi connectivity index (χ2v) is 9.72. The van der Waals surface area contributed by atoms with Crippen LogP contribution in [0.15, 0.2) is 66.7 Å². The van der Waals surface area contributed by atoms with Crippen LogP contribution in [0, 0.1) is 11.6 Å². The number of aromatic amines is 1. The maximum atomic E-state index is 13.8. The highest BCUT2D eigenvalue weighted by Gasteiger charge is 2.20. The summed E-state index contributed by atoms with van der Waals surface area (Å²) in [5.41, 5.74) is 3.54. The minimum Gasteiger partial charge on any atom is -0.308 e. The van der Waals surface area contributed by atoms with Gasteiger partial charge in [-0.25, -0.2) is 8.78 Å². The molecular weight excluding hydrogens is 502 g/mol. The van der Waals surface area contributed by atoms with Gasteiger partial charge in [-0.3, -0.25) is 14.9 Å². The predicted octanol–water partition coefficient (Wildman–Crippen LogP) is 5.55. The van der Waals surface area contributed by atoms with Crippen molar-refractivity contribution in [2.45, 2.75) is 51.0 Å². The molecule has 2 amide bonds. The molecule has 5 rings (SSSR count). The fourth-order valence-corrected chi connectivity index (χ4v) is 4.94. The van der Waals surface area contributed by atoms with Crippen LogP contribution in [0.25, 0.3) is 0 Å². The van der Waals surface area contributed by atoms with Gasteiger partial charge < -0.3 is 4.90 Å². The quantitative estimate of drug-likeness (QED) is 0.311. The fraction of sp³-hybridized carbons (Fsp3) is 0.276. The lowest BCUT2D eigenvalue weighted by molar-refractivity contribution is -0.118. The van der Waals surface area contributed by atoms with Crippen LogP contribution in [0.2, 0.25) is 0 Å². The van der Waals surface area contributed by atoms with Crippen molar-refractivity contribution < 1.29 is 18.4 Å². The molecule has 1 heterocycles. The van der Waals surface area contributed by atoms with Crippen molar-refractivity contribution in [1.82, 2.24) is 20.6 Å².